The van der Waals surface area contributed by atoms with E-state index in [4.69, 9.17) is 18.9 Å². The van der Waals surface area contributed by atoms with E-state index in [1.54, 1.807) is 6.92 Å². The molecule has 2 aromatic carbocycles. The summed E-state index contributed by atoms with van der Waals surface area (Å²) in [5.74, 6) is 0.770. The third kappa shape index (κ3) is 5.51. The summed E-state index contributed by atoms with van der Waals surface area (Å²) in [6.07, 6.45) is 0.116. The molecule has 4 N–H and O–H groups in total. The van der Waals surface area contributed by atoms with E-state index in [-0.39, 0.29) is 42.9 Å². The normalized spacial score (nSPS) is 24.7. The molecule has 6 atom stereocenters. The molecule has 0 aliphatic carbocycles. The smallest absolute Gasteiger partial charge is 0.308 e. The molecule has 2 aromatic rings. The molecule has 2 amide bonds. The van der Waals surface area contributed by atoms with Crippen LogP contribution in [0.4, 0.5) is 0 Å². The Kier molecular flexibility index (Phi) is 8.98. The third-order valence-corrected chi connectivity index (χ3v) is 10.2. The number of benzene rings is 2. The molecule has 13 nitrogen and oxygen atoms in total. The van der Waals surface area contributed by atoms with Gasteiger partial charge in [0.15, 0.2) is 23.0 Å². The number of aliphatic hydroxyl groups is 1. The highest BCUT2D eigenvalue weighted by molar-refractivity contribution is 5.87. The SMILES string of the molecule is COc1c(C)cc2c(c1O)[C@@H]1C3Cc4c(OC(C)=O)c(C)c5c(c4[C@H](CNC(=O)[C@@H](C)NC(=O)CC(C)C)N3[C@@H](O)[C@@H](C2)N1C)OCO5. The number of esters is 1. The van der Waals surface area contributed by atoms with Gasteiger partial charge in [0, 0.05) is 48.2 Å². The second-order valence-electron chi connectivity index (χ2n) is 13.8. The third-order valence-electron chi connectivity index (χ3n) is 10.2. The van der Waals surface area contributed by atoms with Gasteiger partial charge in [-0.2, -0.15) is 0 Å². The molecule has 0 saturated carbocycles. The van der Waals surface area contributed by atoms with Crippen molar-refractivity contribution in [2.24, 2.45) is 5.92 Å². The largest absolute Gasteiger partial charge is 0.504 e. The molecule has 1 fully saturated rings. The summed E-state index contributed by atoms with van der Waals surface area (Å²) in [7, 11) is 3.47. The van der Waals surface area contributed by atoms with Gasteiger partial charge in [-0.05, 0) is 57.7 Å². The minimum absolute atomic E-state index is 0.0372. The average Bonchev–Trinajstić information content (AvgIpc) is 3.50. The Hall–Kier alpha value is -4.07. The highest BCUT2D eigenvalue weighted by Crippen LogP contribution is 2.58. The molecule has 0 aromatic heterocycles. The molecule has 2 bridgehead atoms. The fraction of sp³-hybridized carbons (Fsp3) is 0.571. The van der Waals surface area contributed by atoms with Crippen LogP contribution >= 0.6 is 0 Å². The molecule has 4 aliphatic rings. The van der Waals surface area contributed by atoms with Crippen LogP contribution in [-0.2, 0) is 27.2 Å². The van der Waals surface area contributed by atoms with Crippen LogP contribution in [0.5, 0.6) is 28.7 Å². The van der Waals surface area contributed by atoms with E-state index in [0.717, 1.165) is 16.7 Å². The van der Waals surface area contributed by atoms with E-state index >= 15 is 0 Å². The monoisotopic (exact) mass is 666 g/mol. The van der Waals surface area contributed by atoms with Crippen molar-refractivity contribution in [1.82, 2.24) is 20.4 Å². The van der Waals surface area contributed by atoms with Crippen molar-refractivity contribution in [3.63, 3.8) is 0 Å². The van der Waals surface area contributed by atoms with Crippen LogP contribution in [0.15, 0.2) is 6.07 Å². The number of nitrogens with zero attached hydrogens (tertiary/aromatic N) is 2. The zero-order chi connectivity index (χ0) is 34.8. The molecule has 48 heavy (non-hydrogen) atoms. The van der Waals surface area contributed by atoms with Crippen molar-refractivity contribution in [2.45, 2.75) is 97.2 Å². The summed E-state index contributed by atoms with van der Waals surface area (Å²) in [6.45, 7) is 10.5. The van der Waals surface area contributed by atoms with Crippen LogP contribution < -0.4 is 29.6 Å². The number of ether oxygens (including phenoxy) is 4. The van der Waals surface area contributed by atoms with E-state index < -0.39 is 36.4 Å². The summed E-state index contributed by atoms with van der Waals surface area (Å²) in [5.41, 5.74) is 4.42. The fourth-order valence-electron chi connectivity index (χ4n) is 8.21. The second-order valence-corrected chi connectivity index (χ2v) is 13.8. The second kappa shape index (κ2) is 12.8. The summed E-state index contributed by atoms with van der Waals surface area (Å²) >= 11 is 0. The number of fused-ring (bicyclic) bond motifs is 9. The number of phenolic OH excluding ortho intramolecular Hbond substituents is 1. The number of amides is 2. The molecule has 0 spiro atoms. The van der Waals surface area contributed by atoms with Crippen LogP contribution in [0, 0.1) is 19.8 Å². The van der Waals surface area contributed by atoms with Crippen LogP contribution in [0.25, 0.3) is 0 Å². The van der Waals surface area contributed by atoms with Gasteiger partial charge in [-0.3, -0.25) is 24.2 Å². The molecule has 1 unspecified atom stereocenters. The maximum absolute atomic E-state index is 13.4. The minimum atomic E-state index is -0.983. The number of phenols is 1. The van der Waals surface area contributed by atoms with Gasteiger partial charge in [0.2, 0.25) is 18.6 Å². The lowest BCUT2D eigenvalue weighted by atomic mass is 9.73. The molecule has 13 heteroatoms. The molecule has 4 heterocycles. The standard InChI is InChI=1S/C35H46N4O9/c1-15(2)9-25(41)37-18(5)34(43)36-13-24-27-21(31(48-19(6)40)17(4)32-33(27)47-14-46-32)12-22-28-26-20(10-16(3)30(45-8)29(26)42)11-23(38(28)7)35(44)39(22)24/h10,15,18,22-24,28,35,42,44H,9,11-14H2,1-8H3,(H,36,43)(H,37,41)/t18-,22?,23-,24+,28+,35+/m1/s1. The zero-order valence-corrected chi connectivity index (χ0v) is 28.8. The Balaban J connectivity index is 1.48. The lowest BCUT2D eigenvalue weighted by Crippen LogP contribution is -2.69. The van der Waals surface area contributed by atoms with Gasteiger partial charge in [0.05, 0.1) is 25.2 Å². The van der Waals surface area contributed by atoms with E-state index in [1.165, 1.54) is 14.0 Å². The van der Waals surface area contributed by atoms with Crippen molar-refractivity contribution >= 4 is 17.8 Å². The van der Waals surface area contributed by atoms with E-state index in [2.05, 4.69) is 15.5 Å². The first kappa shape index (κ1) is 33.8. The highest BCUT2D eigenvalue weighted by Gasteiger charge is 2.56. The number of methoxy groups -OCH3 is 1. The predicted molar refractivity (Wildman–Crippen MR) is 174 cm³/mol. The van der Waals surface area contributed by atoms with Gasteiger partial charge < -0.3 is 39.8 Å². The van der Waals surface area contributed by atoms with Gasteiger partial charge in [-0.15, -0.1) is 0 Å². The van der Waals surface area contributed by atoms with Gasteiger partial charge >= 0.3 is 5.97 Å². The summed E-state index contributed by atoms with van der Waals surface area (Å²) < 4.78 is 23.4. The van der Waals surface area contributed by atoms with Gasteiger partial charge in [-0.25, -0.2) is 0 Å². The lowest BCUT2D eigenvalue weighted by Gasteiger charge is -2.60. The number of rotatable bonds is 8. The van der Waals surface area contributed by atoms with E-state index in [0.29, 0.717) is 59.0 Å². The summed E-state index contributed by atoms with van der Waals surface area (Å²) in [5, 5.41) is 29.6. The average molecular weight is 667 g/mol. The summed E-state index contributed by atoms with van der Waals surface area (Å²) in [6, 6.07) is -0.621. The maximum Gasteiger partial charge on any atom is 0.308 e. The van der Waals surface area contributed by atoms with Gasteiger partial charge in [0.25, 0.3) is 0 Å². The number of likely N-dealkylation sites (N-methyl/N-ethyl adjacent to an activating group) is 1. The maximum atomic E-state index is 13.4. The molecule has 4 aliphatic heterocycles. The number of piperazine rings is 1. The molecular formula is C35H46N4O9. The van der Waals surface area contributed by atoms with Crippen molar-refractivity contribution in [3.05, 3.63) is 39.4 Å². The quantitative estimate of drug-likeness (QED) is 0.242. The predicted octanol–water partition coefficient (Wildman–Crippen LogP) is 2.54. The summed E-state index contributed by atoms with van der Waals surface area (Å²) in [4.78, 5) is 42.4. The number of aliphatic hydroxyl groups excluding tert-OH is 1. The molecule has 1 saturated heterocycles. The molecule has 260 valence electrons. The Labute approximate surface area is 280 Å². The van der Waals surface area contributed by atoms with Gasteiger partial charge in [-0.1, -0.05) is 19.9 Å². The first-order valence-electron chi connectivity index (χ1n) is 16.5. The molecule has 0 radical (unpaired) electrons. The van der Waals surface area contributed by atoms with Crippen molar-refractivity contribution in [1.29, 1.82) is 0 Å². The van der Waals surface area contributed by atoms with Crippen LogP contribution in [-0.4, -0.2) is 89.6 Å². The topological polar surface area (TPSA) is 159 Å². The highest BCUT2D eigenvalue weighted by atomic mass is 16.7. The Bertz CT molecular complexity index is 1660. The van der Waals surface area contributed by atoms with Crippen LogP contribution in [0.3, 0.4) is 0 Å². The number of carbonyl (C=O) groups excluding carboxylic acids is 3. The van der Waals surface area contributed by atoms with E-state index in [9.17, 15) is 24.6 Å². The lowest BCUT2D eigenvalue weighted by molar-refractivity contribution is -0.172. The Morgan fingerprint density at radius 2 is 1.77 bits per heavy atom. The van der Waals surface area contributed by atoms with Gasteiger partial charge in [0.1, 0.15) is 18.0 Å². The number of nitrogens with one attached hydrogen (secondary N) is 2. The van der Waals surface area contributed by atoms with E-state index in [1.807, 2.05) is 45.7 Å². The van der Waals surface area contributed by atoms with Crippen molar-refractivity contribution in [2.75, 3.05) is 27.5 Å². The number of aryl methyl sites for hydroxylation is 1. The zero-order valence-electron chi connectivity index (χ0n) is 28.8. The van der Waals surface area contributed by atoms with Crippen LogP contribution in [0.2, 0.25) is 0 Å². The number of hydrogen-bond acceptors (Lipinski definition) is 11. The Morgan fingerprint density at radius 1 is 1.06 bits per heavy atom. The number of hydrogen-bond donors (Lipinski definition) is 4. The van der Waals surface area contributed by atoms with Crippen molar-refractivity contribution in [3.8, 4) is 28.7 Å². The minimum Gasteiger partial charge on any atom is -0.504 e. The van der Waals surface area contributed by atoms with Crippen LogP contribution in [0.1, 0.15) is 79.6 Å². The first-order valence-corrected chi connectivity index (χ1v) is 16.5. The fourth-order valence-corrected chi connectivity index (χ4v) is 8.21. The first-order chi connectivity index (χ1) is 22.7. The molecule has 6 rings (SSSR count). The number of carbonyl (C=O) groups is 3. The Morgan fingerprint density at radius 3 is 2.44 bits per heavy atom. The molecular weight excluding hydrogens is 620 g/mol. The number of aromatic hydroxyl groups is 1. The van der Waals surface area contributed by atoms with Crippen molar-refractivity contribution < 1.29 is 43.5 Å².